The maximum atomic E-state index is 15.5. The minimum absolute atomic E-state index is 0.274. The molecule has 3 heterocycles. The molecule has 12 heteroatoms. The Morgan fingerprint density at radius 2 is 1.75 bits per heavy atom. The highest BCUT2D eigenvalue weighted by molar-refractivity contribution is 7.92. The Kier molecular flexibility index (Phi) is 8.75. The highest BCUT2D eigenvalue weighted by Gasteiger charge is 2.28. The normalized spacial score (nSPS) is 18.0. The lowest BCUT2D eigenvalue weighted by molar-refractivity contribution is 0.0878. The summed E-state index contributed by atoms with van der Waals surface area (Å²) in [5, 5.41) is 6.50. The molecular formula is C32H41FN8O2S. The van der Waals surface area contributed by atoms with E-state index in [1.807, 2.05) is 30.4 Å². The van der Waals surface area contributed by atoms with Crippen molar-refractivity contribution in [2.75, 3.05) is 79.0 Å². The van der Waals surface area contributed by atoms with Crippen molar-refractivity contribution in [1.29, 1.82) is 0 Å². The number of sulfonamides is 1. The molecule has 2 N–H and O–H groups in total. The van der Waals surface area contributed by atoms with Crippen LogP contribution in [0.3, 0.4) is 0 Å². The number of rotatable bonds is 9. The third-order valence-electron chi connectivity index (χ3n) is 8.99. The van der Waals surface area contributed by atoms with E-state index >= 15 is 4.39 Å². The summed E-state index contributed by atoms with van der Waals surface area (Å²) in [6.45, 7) is 9.53. The zero-order chi connectivity index (χ0) is 30.8. The van der Waals surface area contributed by atoms with Gasteiger partial charge in [0.15, 0.2) is 0 Å². The van der Waals surface area contributed by atoms with Gasteiger partial charge in [0.2, 0.25) is 16.0 Å². The van der Waals surface area contributed by atoms with E-state index in [-0.39, 0.29) is 5.82 Å². The third-order valence-corrected chi connectivity index (χ3v) is 10.2. The van der Waals surface area contributed by atoms with Crippen LogP contribution in [0.15, 0.2) is 48.5 Å². The Morgan fingerprint density at radius 3 is 2.45 bits per heavy atom. The number of allylic oxidation sites excluding steroid dienone is 1. The third kappa shape index (κ3) is 6.52. The van der Waals surface area contributed by atoms with Gasteiger partial charge in [-0.2, -0.15) is 4.98 Å². The van der Waals surface area contributed by atoms with E-state index in [2.05, 4.69) is 37.2 Å². The second-order valence-electron chi connectivity index (χ2n) is 11.7. The number of anilines is 6. The second kappa shape index (κ2) is 12.7. The van der Waals surface area contributed by atoms with E-state index < -0.39 is 10.0 Å². The number of hydrogen-bond acceptors (Lipinski definition) is 9. The SMILES string of the molecule is CCN1CCN(C2CCN(c3ccc(Nc4nc5c(c(Nc6ccccc6N(C)S(C)(=O)=O)n4)C=CC5)cc3F)CC2)CC1. The first kappa shape index (κ1) is 30.3. The number of likely N-dealkylation sites (N-methyl/N-ethyl adjacent to an activating group) is 1. The second-order valence-corrected chi connectivity index (χ2v) is 13.7. The average Bonchev–Trinajstić information content (AvgIpc) is 3.50. The molecule has 0 unspecified atom stereocenters. The molecule has 234 valence electrons. The molecule has 1 aliphatic carbocycles. The maximum Gasteiger partial charge on any atom is 0.232 e. The number of fused-ring (bicyclic) bond motifs is 1. The molecule has 0 spiro atoms. The first-order valence-corrected chi connectivity index (χ1v) is 17.2. The Morgan fingerprint density at radius 1 is 1.00 bits per heavy atom. The van der Waals surface area contributed by atoms with Gasteiger partial charge in [0.1, 0.15) is 11.6 Å². The first-order chi connectivity index (χ1) is 21.2. The molecule has 0 bridgehead atoms. The van der Waals surface area contributed by atoms with Crippen LogP contribution in [-0.2, 0) is 16.4 Å². The molecule has 2 aliphatic heterocycles. The number of benzene rings is 2. The van der Waals surface area contributed by atoms with Gasteiger partial charge >= 0.3 is 0 Å². The van der Waals surface area contributed by atoms with Crippen molar-refractivity contribution in [3.63, 3.8) is 0 Å². The molecule has 2 saturated heterocycles. The summed E-state index contributed by atoms with van der Waals surface area (Å²) in [5.41, 5.74) is 3.94. The summed E-state index contributed by atoms with van der Waals surface area (Å²) in [6, 6.07) is 12.9. The predicted molar refractivity (Wildman–Crippen MR) is 176 cm³/mol. The number of nitrogens with one attached hydrogen (secondary N) is 2. The molecule has 3 aliphatic rings. The Labute approximate surface area is 259 Å². The number of halogens is 1. The molecule has 1 aromatic heterocycles. The van der Waals surface area contributed by atoms with Gasteiger partial charge in [-0.15, -0.1) is 0 Å². The van der Waals surface area contributed by atoms with Crippen molar-refractivity contribution in [3.8, 4) is 0 Å². The first-order valence-electron chi connectivity index (χ1n) is 15.3. The van der Waals surface area contributed by atoms with Gasteiger partial charge in [-0.3, -0.25) is 9.21 Å². The Balaban J connectivity index is 1.15. The van der Waals surface area contributed by atoms with Crippen LogP contribution in [0.4, 0.5) is 38.9 Å². The van der Waals surface area contributed by atoms with E-state index in [4.69, 9.17) is 4.98 Å². The summed E-state index contributed by atoms with van der Waals surface area (Å²) in [5.74, 6) is 0.598. The number of nitrogens with zero attached hydrogens (tertiary/aromatic N) is 6. The van der Waals surface area contributed by atoms with Gasteiger partial charge in [-0.1, -0.05) is 31.2 Å². The Hall–Kier alpha value is -3.74. The fourth-order valence-electron chi connectivity index (χ4n) is 6.33. The molecule has 6 rings (SSSR count). The lowest BCUT2D eigenvalue weighted by Gasteiger charge is -2.43. The van der Waals surface area contributed by atoms with Crippen molar-refractivity contribution < 1.29 is 12.8 Å². The summed E-state index contributed by atoms with van der Waals surface area (Å²) in [6.07, 6.45) is 7.85. The maximum absolute atomic E-state index is 15.5. The quantitative estimate of drug-likeness (QED) is 0.354. The molecule has 0 radical (unpaired) electrons. The number of aromatic nitrogens is 2. The van der Waals surface area contributed by atoms with Crippen LogP contribution in [0.1, 0.15) is 31.0 Å². The van der Waals surface area contributed by atoms with Crippen LogP contribution in [0.25, 0.3) is 6.08 Å². The minimum atomic E-state index is -3.47. The van der Waals surface area contributed by atoms with E-state index in [1.165, 1.54) is 23.7 Å². The monoisotopic (exact) mass is 620 g/mol. The van der Waals surface area contributed by atoms with Crippen LogP contribution in [0, 0.1) is 5.82 Å². The van der Waals surface area contributed by atoms with Gasteiger partial charge in [0, 0.05) is 70.0 Å². The fraction of sp³-hybridized carbons (Fsp3) is 0.438. The number of piperidine rings is 1. The number of hydrogen-bond donors (Lipinski definition) is 2. The van der Waals surface area contributed by atoms with Crippen LogP contribution in [-0.4, -0.2) is 93.3 Å². The number of para-hydroxylation sites is 2. The van der Waals surface area contributed by atoms with Crippen molar-refractivity contribution >= 4 is 50.6 Å². The lowest BCUT2D eigenvalue weighted by atomic mass is 10.0. The smallest absolute Gasteiger partial charge is 0.232 e. The Bertz CT molecular complexity index is 1630. The largest absolute Gasteiger partial charge is 0.369 e. The molecule has 10 nitrogen and oxygen atoms in total. The van der Waals surface area contributed by atoms with E-state index in [9.17, 15) is 8.42 Å². The molecular weight excluding hydrogens is 579 g/mol. The molecule has 2 fully saturated rings. The summed E-state index contributed by atoms with van der Waals surface area (Å²) in [4.78, 5) is 16.7. The van der Waals surface area contributed by atoms with Gasteiger partial charge < -0.3 is 20.4 Å². The average molecular weight is 621 g/mol. The molecule has 44 heavy (non-hydrogen) atoms. The number of piperazine rings is 1. The van der Waals surface area contributed by atoms with E-state index in [1.54, 1.807) is 18.2 Å². The van der Waals surface area contributed by atoms with Crippen LogP contribution in [0.5, 0.6) is 0 Å². The minimum Gasteiger partial charge on any atom is -0.369 e. The van der Waals surface area contributed by atoms with Crippen LogP contribution in [0.2, 0.25) is 0 Å². The zero-order valence-electron chi connectivity index (χ0n) is 25.6. The van der Waals surface area contributed by atoms with Crippen LogP contribution >= 0.6 is 0 Å². The fourth-order valence-corrected chi connectivity index (χ4v) is 6.85. The zero-order valence-corrected chi connectivity index (χ0v) is 26.4. The molecule has 0 atom stereocenters. The predicted octanol–water partition coefficient (Wildman–Crippen LogP) is 4.67. The summed E-state index contributed by atoms with van der Waals surface area (Å²) >= 11 is 0. The topological polar surface area (TPSA) is 96.9 Å². The van der Waals surface area contributed by atoms with E-state index in [0.29, 0.717) is 47.0 Å². The van der Waals surface area contributed by atoms with E-state index in [0.717, 1.165) is 69.9 Å². The highest BCUT2D eigenvalue weighted by Crippen LogP contribution is 2.34. The van der Waals surface area contributed by atoms with Crippen molar-refractivity contribution in [2.45, 2.75) is 32.2 Å². The summed E-state index contributed by atoms with van der Waals surface area (Å²) in [7, 11) is -1.95. The molecule has 0 saturated carbocycles. The van der Waals surface area contributed by atoms with Gasteiger partial charge in [0.25, 0.3) is 0 Å². The molecule has 0 amide bonds. The molecule has 3 aromatic rings. The highest BCUT2D eigenvalue weighted by atomic mass is 32.2. The standard InChI is InChI=1S/C32H41FN8O2S/c1-4-39-18-20-40(21-19-39)24-14-16-41(17-15-24)29-13-12-23(22-26(29)33)34-32-36-27-10-7-8-25(27)31(37-32)35-28-9-5-6-11-30(28)38(2)44(3,42)43/h5-9,11-13,22,24H,4,10,14-21H2,1-3H3,(H2,34,35,36,37). The van der Waals surface area contributed by atoms with Crippen molar-refractivity contribution in [1.82, 2.24) is 19.8 Å². The van der Waals surface area contributed by atoms with Gasteiger partial charge in [0.05, 0.1) is 29.0 Å². The molecule has 2 aromatic carbocycles. The summed E-state index contributed by atoms with van der Waals surface area (Å²) < 4.78 is 41.2. The van der Waals surface area contributed by atoms with Crippen molar-refractivity contribution in [3.05, 3.63) is 65.6 Å². The van der Waals surface area contributed by atoms with Crippen LogP contribution < -0.4 is 19.8 Å². The van der Waals surface area contributed by atoms with Gasteiger partial charge in [-0.05, 0) is 49.7 Å². The van der Waals surface area contributed by atoms with Crippen molar-refractivity contribution in [2.24, 2.45) is 0 Å². The van der Waals surface area contributed by atoms with Gasteiger partial charge in [-0.25, -0.2) is 17.8 Å². The lowest BCUT2D eigenvalue weighted by Crippen LogP contribution is -2.53.